The van der Waals surface area contributed by atoms with Crippen molar-refractivity contribution >= 4 is 28.4 Å². The Morgan fingerprint density at radius 2 is 1.83 bits per heavy atom. The van der Waals surface area contributed by atoms with Crippen molar-refractivity contribution in [1.29, 1.82) is 0 Å². The zero-order valence-corrected chi connectivity index (χ0v) is 16.9. The molecule has 1 aliphatic heterocycles. The van der Waals surface area contributed by atoms with E-state index in [1.807, 2.05) is 62.5 Å². The van der Waals surface area contributed by atoms with Gasteiger partial charge in [-0.05, 0) is 55.5 Å². The lowest BCUT2D eigenvalue weighted by molar-refractivity contribution is -0.142. The fraction of sp³-hybridized carbons (Fsp3) is 0.292. The Hall–Kier alpha value is -3.21. The number of likely N-dealkylation sites (tertiary alicyclic amines) is 1. The fourth-order valence-corrected chi connectivity index (χ4v) is 4.27. The van der Waals surface area contributed by atoms with Gasteiger partial charge in [-0.1, -0.05) is 36.4 Å². The Balaban J connectivity index is 1.68. The predicted molar refractivity (Wildman–Crippen MR) is 112 cm³/mol. The van der Waals surface area contributed by atoms with E-state index in [-0.39, 0.29) is 5.78 Å². The molecule has 1 fully saturated rings. The largest absolute Gasteiger partial charge is 0.361 e. The molecule has 0 radical (unpaired) electrons. The summed E-state index contributed by atoms with van der Waals surface area (Å²) in [4.78, 5) is 42.6. The van der Waals surface area contributed by atoms with Crippen molar-refractivity contribution in [2.24, 2.45) is 5.92 Å². The third-order valence-corrected chi connectivity index (χ3v) is 6.01. The molecule has 1 aromatic heterocycles. The number of rotatable bonds is 5. The molecule has 29 heavy (non-hydrogen) atoms. The van der Waals surface area contributed by atoms with E-state index in [0.29, 0.717) is 13.0 Å². The van der Waals surface area contributed by atoms with Gasteiger partial charge in [-0.25, -0.2) is 0 Å². The Labute approximate surface area is 169 Å². The molecule has 1 aliphatic rings. The van der Waals surface area contributed by atoms with Crippen LogP contribution in [0, 0.1) is 19.8 Å². The van der Waals surface area contributed by atoms with Crippen LogP contribution < -0.4 is 0 Å². The molecule has 0 aliphatic carbocycles. The van der Waals surface area contributed by atoms with E-state index < -0.39 is 23.7 Å². The van der Waals surface area contributed by atoms with Gasteiger partial charge in [0, 0.05) is 23.6 Å². The Bertz CT molecular complexity index is 1130. The quantitative estimate of drug-likeness (QED) is 0.535. The van der Waals surface area contributed by atoms with Crippen LogP contribution in [0.2, 0.25) is 0 Å². The standard InChI is InChI=1S/C24H24N2O3/c1-14-8-9-17(12-15(14)2)22-21(16(3)27)23(28)24(29)26(22)11-10-18-13-25-20-7-5-4-6-19(18)20/h4-9,12-13,21-22,25H,10-11H2,1-3H3. The number of H-pyrrole nitrogens is 1. The van der Waals surface area contributed by atoms with Crippen molar-refractivity contribution in [3.05, 3.63) is 70.9 Å². The van der Waals surface area contributed by atoms with E-state index >= 15 is 0 Å². The molecule has 0 saturated carbocycles. The summed E-state index contributed by atoms with van der Waals surface area (Å²) in [7, 11) is 0. The van der Waals surface area contributed by atoms with Crippen LogP contribution in [0.4, 0.5) is 0 Å². The molecule has 0 spiro atoms. The van der Waals surface area contributed by atoms with E-state index in [1.165, 1.54) is 6.92 Å². The first-order valence-electron chi connectivity index (χ1n) is 9.86. The van der Waals surface area contributed by atoms with E-state index in [2.05, 4.69) is 4.98 Å². The van der Waals surface area contributed by atoms with Crippen molar-refractivity contribution in [3.8, 4) is 0 Å². The van der Waals surface area contributed by atoms with Crippen LogP contribution in [0.25, 0.3) is 10.9 Å². The summed E-state index contributed by atoms with van der Waals surface area (Å²) < 4.78 is 0. The maximum atomic E-state index is 12.8. The monoisotopic (exact) mass is 388 g/mol. The third kappa shape index (κ3) is 3.27. The highest BCUT2D eigenvalue weighted by Gasteiger charge is 2.50. The van der Waals surface area contributed by atoms with Gasteiger partial charge in [-0.3, -0.25) is 14.4 Å². The molecule has 2 aromatic carbocycles. The fourth-order valence-electron chi connectivity index (χ4n) is 4.27. The number of hydrogen-bond donors (Lipinski definition) is 1. The topological polar surface area (TPSA) is 70.2 Å². The molecule has 148 valence electrons. The zero-order valence-electron chi connectivity index (χ0n) is 16.9. The molecule has 5 heteroatoms. The summed E-state index contributed by atoms with van der Waals surface area (Å²) in [5.41, 5.74) is 5.18. The number of Topliss-reactive ketones (excluding diaryl/α,β-unsaturated/α-hetero) is 2. The lowest BCUT2D eigenvalue weighted by Gasteiger charge is -2.27. The lowest BCUT2D eigenvalue weighted by Crippen LogP contribution is -2.32. The van der Waals surface area contributed by atoms with Crippen LogP contribution in [-0.2, 0) is 20.8 Å². The minimum absolute atomic E-state index is 0.263. The minimum atomic E-state index is -0.937. The highest BCUT2D eigenvalue weighted by Crippen LogP contribution is 2.37. The van der Waals surface area contributed by atoms with Crippen molar-refractivity contribution in [2.75, 3.05) is 6.54 Å². The SMILES string of the molecule is CC(=O)C1C(=O)C(=O)N(CCc2c[nH]c3ccccc23)C1c1ccc(C)c(C)c1. The van der Waals surface area contributed by atoms with Gasteiger partial charge < -0.3 is 9.88 Å². The van der Waals surface area contributed by atoms with Crippen LogP contribution in [0.1, 0.15) is 35.2 Å². The number of aryl methyl sites for hydroxylation is 2. The molecule has 0 bridgehead atoms. The number of carbonyl (C=O) groups is 3. The van der Waals surface area contributed by atoms with Gasteiger partial charge in [0.15, 0.2) is 0 Å². The molecule has 1 amide bonds. The van der Waals surface area contributed by atoms with Crippen LogP contribution in [0.15, 0.2) is 48.7 Å². The first kappa shape index (κ1) is 19.1. The summed E-state index contributed by atoms with van der Waals surface area (Å²) in [6.45, 7) is 5.79. The number of aromatic nitrogens is 1. The van der Waals surface area contributed by atoms with E-state index in [4.69, 9.17) is 0 Å². The van der Waals surface area contributed by atoms with E-state index in [0.717, 1.165) is 33.2 Å². The lowest BCUT2D eigenvalue weighted by atomic mass is 9.88. The normalized spacial score (nSPS) is 19.3. The van der Waals surface area contributed by atoms with E-state index in [9.17, 15) is 14.4 Å². The summed E-state index contributed by atoms with van der Waals surface area (Å²) in [6.07, 6.45) is 2.55. The maximum Gasteiger partial charge on any atom is 0.291 e. The molecule has 5 nitrogen and oxygen atoms in total. The Morgan fingerprint density at radius 3 is 2.55 bits per heavy atom. The van der Waals surface area contributed by atoms with Gasteiger partial charge in [0.2, 0.25) is 5.78 Å². The first-order valence-corrected chi connectivity index (χ1v) is 9.86. The van der Waals surface area contributed by atoms with Gasteiger partial charge in [0.1, 0.15) is 11.7 Å². The Morgan fingerprint density at radius 1 is 1.07 bits per heavy atom. The number of aromatic amines is 1. The van der Waals surface area contributed by atoms with Gasteiger partial charge in [0.25, 0.3) is 5.91 Å². The number of benzene rings is 2. The van der Waals surface area contributed by atoms with Gasteiger partial charge in [-0.2, -0.15) is 0 Å². The molecular weight excluding hydrogens is 364 g/mol. The molecule has 3 aromatic rings. The van der Waals surface area contributed by atoms with Crippen molar-refractivity contribution in [3.63, 3.8) is 0 Å². The van der Waals surface area contributed by atoms with E-state index in [1.54, 1.807) is 4.90 Å². The van der Waals surface area contributed by atoms with Crippen molar-refractivity contribution < 1.29 is 14.4 Å². The van der Waals surface area contributed by atoms with Gasteiger partial charge in [0.05, 0.1) is 6.04 Å². The molecular formula is C24H24N2O3. The van der Waals surface area contributed by atoms with Crippen LogP contribution in [-0.4, -0.2) is 33.9 Å². The molecule has 1 N–H and O–H groups in total. The number of para-hydroxylation sites is 1. The molecule has 1 saturated heterocycles. The summed E-state index contributed by atoms with van der Waals surface area (Å²) in [5.74, 6) is -2.36. The maximum absolute atomic E-state index is 12.8. The molecule has 2 unspecified atom stereocenters. The van der Waals surface area contributed by atoms with Gasteiger partial charge >= 0.3 is 0 Å². The first-order chi connectivity index (χ1) is 13.9. The number of amides is 1. The van der Waals surface area contributed by atoms with Crippen LogP contribution >= 0.6 is 0 Å². The second-order valence-electron chi connectivity index (χ2n) is 7.85. The predicted octanol–water partition coefficient (Wildman–Crippen LogP) is 3.69. The molecule has 2 heterocycles. The van der Waals surface area contributed by atoms with Crippen LogP contribution in [0.5, 0.6) is 0 Å². The molecule has 4 rings (SSSR count). The highest BCUT2D eigenvalue weighted by atomic mass is 16.2. The summed E-state index contributed by atoms with van der Waals surface area (Å²) >= 11 is 0. The van der Waals surface area contributed by atoms with Gasteiger partial charge in [-0.15, -0.1) is 0 Å². The number of nitrogens with one attached hydrogen (secondary N) is 1. The number of hydrogen-bond acceptors (Lipinski definition) is 3. The average molecular weight is 388 g/mol. The molecule has 2 atom stereocenters. The summed E-state index contributed by atoms with van der Waals surface area (Å²) in [6, 6.07) is 13.3. The third-order valence-electron chi connectivity index (χ3n) is 6.01. The van der Waals surface area contributed by atoms with Crippen molar-refractivity contribution in [1.82, 2.24) is 9.88 Å². The minimum Gasteiger partial charge on any atom is -0.361 e. The summed E-state index contributed by atoms with van der Waals surface area (Å²) in [5, 5.41) is 1.11. The zero-order chi connectivity index (χ0) is 20.7. The number of ketones is 2. The average Bonchev–Trinajstić information content (AvgIpc) is 3.22. The van der Waals surface area contributed by atoms with Crippen LogP contribution in [0.3, 0.4) is 0 Å². The second kappa shape index (κ2) is 7.32. The smallest absolute Gasteiger partial charge is 0.291 e. The second-order valence-corrected chi connectivity index (χ2v) is 7.85. The Kier molecular flexibility index (Phi) is 4.82. The number of nitrogens with zero attached hydrogens (tertiary/aromatic N) is 1. The number of fused-ring (bicyclic) bond motifs is 1. The highest BCUT2D eigenvalue weighted by molar-refractivity contribution is 6.42. The van der Waals surface area contributed by atoms with Crippen molar-refractivity contribution in [2.45, 2.75) is 33.2 Å². The number of carbonyl (C=O) groups excluding carboxylic acids is 3.